The fraction of sp³-hybridized carbons (Fsp3) is 0.735. The normalized spacial score (nSPS) is 13.2. The fourth-order valence-electron chi connectivity index (χ4n) is 6.59. The van der Waals surface area contributed by atoms with Gasteiger partial charge in [0.2, 0.25) is 5.91 Å². The standard InChI is InChI=1S/C49H86N2O5/c1-3-5-7-9-11-13-14-15-16-17-18-19-20-21-22-23-24-25-27-33-37-43-48(53)56-45(39-34-30-26-12-10-8-6-4-2)40-35-31-28-29-32-36-42-47(52)51-46(49(54)55)41-38-44-50/h5,7,11,13,15-16,18-19,34,39,45-46H,3-4,6,8-10,12,14,17,20-33,35-38,40-44,50H2,1-2H3,(H,51,52)(H,54,55)/b7-5-,13-11-,16-15-,19-18-,39-34-. The van der Waals surface area contributed by atoms with Gasteiger partial charge >= 0.3 is 11.9 Å². The van der Waals surface area contributed by atoms with Gasteiger partial charge in [0.1, 0.15) is 12.1 Å². The quantitative estimate of drug-likeness (QED) is 0.0323. The highest BCUT2D eigenvalue weighted by atomic mass is 16.5. The molecule has 0 aromatic heterocycles. The number of hydrogen-bond acceptors (Lipinski definition) is 5. The lowest BCUT2D eigenvalue weighted by atomic mass is 10.0. The Balaban J connectivity index is 4.18. The number of rotatable bonds is 41. The minimum atomic E-state index is -1.01. The number of carboxylic acid groups (broad SMARTS) is 1. The number of amides is 1. The first-order valence-corrected chi connectivity index (χ1v) is 23.1. The van der Waals surface area contributed by atoms with E-state index in [2.05, 4.69) is 79.9 Å². The van der Waals surface area contributed by atoms with Crippen molar-refractivity contribution in [3.8, 4) is 0 Å². The predicted octanol–water partition coefficient (Wildman–Crippen LogP) is 13.3. The first-order chi connectivity index (χ1) is 27.4. The van der Waals surface area contributed by atoms with Crippen LogP contribution in [0, 0.1) is 0 Å². The summed E-state index contributed by atoms with van der Waals surface area (Å²) in [6, 6.07) is -0.855. The molecular weight excluding hydrogens is 697 g/mol. The van der Waals surface area contributed by atoms with Crippen LogP contribution < -0.4 is 11.1 Å². The van der Waals surface area contributed by atoms with Gasteiger partial charge < -0.3 is 20.9 Å². The maximum atomic E-state index is 12.8. The van der Waals surface area contributed by atoms with Crippen molar-refractivity contribution >= 4 is 17.8 Å². The molecule has 0 rings (SSSR count). The van der Waals surface area contributed by atoms with Gasteiger partial charge in [0.25, 0.3) is 0 Å². The van der Waals surface area contributed by atoms with Crippen molar-refractivity contribution in [3.05, 3.63) is 60.8 Å². The topological polar surface area (TPSA) is 119 Å². The SMILES string of the molecule is CC/C=C\C/C=C\C/C=C\C/C=C\CCCCCCCCCCC(=O)OC(/C=C\CCCCCCCC)CCCCCCCCC(=O)NC(CCCN)C(=O)O. The molecule has 0 aliphatic heterocycles. The smallest absolute Gasteiger partial charge is 0.326 e. The lowest BCUT2D eigenvalue weighted by Gasteiger charge is -2.15. The number of hydrogen-bond donors (Lipinski definition) is 3. The average molecular weight is 783 g/mol. The van der Waals surface area contributed by atoms with Crippen molar-refractivity contribution in [3.63, 3.8) is 0 Å². The highest BCUT2D eigenvalue weighted by molar-refractivity contribution is 5.83. The summed E-state index contributed by atoms with van der Waals surface area (Å²) in [4.78, 5) is 36.3. The van der Waals surface area contributed by atoms with E-state index in [0.29, 0.717) is 32.2 Å². The molecule has 0 saturated heterocycles. The van der Waals surface area contributed by atoms with Crippen molar-refractivity contribution < 1.29 is 24.2 Å². The number of esters is 1. The molecule has 4 N–H and O–H groups in total. The minimum absolute atomic E-state index is 0.0681. The number of aliphatic carboxylic acids is 1. The first kappa shape index (κ1) is 53.1. The minimum Gasteiger partial charge on any atom is -0.480 e. The predicted molar refractivity (Wildman–Crippen MR) is 239 cm³/mol. The molecule has 7 nitrogen and oxygen atoms in total. The third-order valence-corrected chi connectivity index (χ3v) is 10.1. The van der Waals surface area contributed by atoms with Crippen LogP contribution in [0.5, 0.6) is 0 Å². The summed E-state index contributed by atoms with van der Waals surface area (Å²) in [6.07, 6.45) is 54.3. The number of nitrogens with two attached hydrogens (primary N) is 1. The van der Waals surface area contributed by atoms with Crippen LogP contribution in [0.15, 0.2) is 60.8 Å². The summed E-state index contributed by atoms with van der Waals surface area (Å²) in [5.74, 6) is -1.28. The maximum Gasteiger partial charge on any atom is 0.326 e. The number of nitrogens with one attached hydrogen (secondary N) is 1. The van der Waals surface area contributed by atoms with Crippen molar-refractivity contribution in [2.75, 3.05) is 6.54 Å². The Kier molecular flexibility index (Phi) is 40.9. The number of carboxylic acids is 1. The molecule has 0 heterocycles. The van der Waals surface area contributed by atoms with Crippen molar-refractivity contribution in [1.82, 2.24) is 5.32 Å². The Morgan fingerprint density at radius 1 is 0.554 bits per heavy atom. The Bertz CT molecular complexity index is 1060. The maximum absolute atomic E-state index is 12.8. The third-order valence-electron chi connectivity index (χ3n) is 10.1. The van der Waals surface area contributed by atoms with Crippen LogP contribution in [-0.2, 0) is 19.1 Å². The molecule has 2 atom stereocenters. The molecule has 0 aliphatic rings. The van der Waals surface area contributed by atoms with Gasteiger partial charge in [-0.1, -0.05) is 165 Å². The number of allylic oxidation sites excluding steroid dienone is 9. The van der Waals surface area contributed by atoms with Crippen LogP contribution in [0.1, 0.15) is 213 Å². The molecule has 0 aromatic carbocycles. The zero-order chi connectivity index (χ0) is 41.0. The van der Waals surface area contributed by atoms with Gasteiger partial charge in [0.05, 0.1) is 0 Å². The van der Waals surface area contributed by atoms with Crippen molar-refractivity contribution in [1.29, 1.82) is 0 Å². The van der Waals surface area contributed by atoms with Crippen LogP contribution in [0.3, 0.4) is 0 Å². The van der Waals surface area contributed by atoms with E-state index < -0.39 is 12.0 Å². The van der Waals surface area contributed by atoms with Gasteiger partial charge in [-0.25, -0.2) is 4.79 Å². The zero-order valence-electron chi connectivity index (χ0n) is 36.2. The Labute approximate surface area is 344 Å². The molecule has 56 heavy (non-hydrogen) atoms. The molecule has 0 aliphatic carbocycles. The first-order valence-electron chi connectivity index (χ1n) is 23.1. The molecule has 0 fully saturated rings. The Hall–Kier alpha value is -2.93. The van der Waals surface area contributed by atoms with Crippen LogP contribution >= 0.6 is 0 Å². The van der Waals surface area contributed by atoms with E-state index in [1.54, 1.807) is 0 Å². The molecule has 2 unspecified atom stereocenters. The van der Waals surface area contributed by atoms with E-state index in [9.17, 15) is 19.5 Å². The molecule has 1 amide bonds. The summed E-state index contributed by atoms with van der Waals surface area (Å²) < 4.78 is 5.97. The Morgan fingerprint density at radius 2 is 1.04 bits per heavy atom. The summed E-state index contributed by atoms with van der Waals surface area (Å²) in [5.41, 5.74) is 5.48. The summed E-state index contributed by atoms with van der Waals surface area (Å²) in [5, 5.41) is 11.9. The van der Waals surface area contributed by atoms with E-state index in [1.807, 2.05) is 0 Å². The molecule has 0 aromatic rings. The second kappa shape index (κ2) is 43.2. The lowest BCUT2D eigenvalue weighted by molar-refractivity contribution is -0.147. The number of ether oxygens (including phenoxy) is 1. The second-order valence-electron chi connectivity index (χ2n) is 15.4. The number of unbranched alkanes of at least 4 members (excludes halogenated alkanes) is 19. The summed E-state index contributed by atoms with van der Waals surface area (Å²) in [7, 11) is 0. The van der Waals surface area contributed by atoms with Crippen LogP contribution in [-0.4, -0.2) is 41.6 Å². The highest BCUT2D eigenvalue weighted by Crippen LogP contribution is 2.16. The molecule has 0 bridgehead atoms. The summed E-state index contributed by atoms with van der Waals surface area (Å²) >= 11 is 0. The molecule has 0 spiro atoms. The number of carbonyl (C=O) groups is 3. The lowest BCUT2D eigenvalue weighted by Crippen LogP contribution is -2.40. The van der Waals surface area contributed by atoms with Gasteiger partial charge in [0, 0.05) is 12.8 Å². The largest absolute Gasteiger partial charge is 0.480 e. The summed E-state index contributed by atoms with van der Waals surface area (Å²) in [6.45, 7) is 4.82. The van der Waals surface area contributed by atoms with E-state index in [-0.39, 0.29) is 18.0 Å². The average Bonchev–Trinajstić information content (AvgIpc) is 3.18. The van der Waals surface area contributed by atoms with Gasteiger partial charge in [0.15, 0.2) is 0 Å². The van der Waals surface area contributed by atoms with E-state index in [4.69, 9.17) is 10.5 Å². The Morgan fingerprint density at radius 3 is 1.59 bits per heavy atom. The number of carbonyl (C=O) groups excluding carboxylic acids is 2. The molecule has 322 valence electrons. The monoisotopic (exact) mass is 783 g/mol. The molecular formula is C49H86N2O5. The van der Waals surface area contributed by atoms with Gasteiger partial charge in [-0.15, -0.1) is 0 Å². The second-order valence-corrected chi connectivity index (χ2v) is 15.4. The third kappa shape index (κ3) is 39.3. The zero-order valence-corrected chi connectivity index (χ0v) is 36.2. The van der Waals surface area contributed by atoms with E-state index >= 15 is 0 Å². The van der Waals surface area contributed by atoms with E-state index in [0.717, 1.165) is 89.9 Å². The fourth-order valence-corrected chi connectivity index (χ4v) is 6.59. The van der Waals surface area contributed by atoms with Crippen molar-refractivity contribution in [2.24, 2.45) is 5.73 Å². The highest BCUT2D eigenvalue weighted by Gasteiger charge is 2.18. The van der Waals surface area contributed by atoms with Gasteiger partial charge in [-0.3, -0.25) is 9.59 Å². The van der Waals surface area contributed by atoms with Crippen molar-refractivity contribution in [2.45, 2.75) is 225 Å². The van der Waals surface area contributed by atoms with Crippen LogP contribution in [0.25, 0.3) is 0 Å². The van der Waals surface area contributed by atoms with Gasteiger partial charge in [-0.05, 0) is 103 Å². The van der Waals surface area contributed by atoms with Gasteiger partial charge in [-0.2, -0.15) is 0 Å². The van der Waals surface area contributed by atoms with Crippen LogP contribution in [0.2, 0.25) is 0 Å². The van der Waals surface area contributed by atoms with Crippen LogP contribution in [0.4, 0.5) is 0 Å². The van der Waals surface area contributed by atoms with E-state index in [1.165, 1.54) is 83.5 Å². The molecule has 7 heteroatoms. The molecule has 0 radical (unpaired) electrons. The molecule has 0 saturated carbocycles.